The van der Waals surface area contributed by atoms with Gasteiger partial charge in [-0.25, -0.2) is 0 Å². The Balaban J connectivity index is 1.93. The summed E-state index contributed by atoms with van der Waals surface area (Å²) in [5, 5.41) is 9.17. The van der Waals surface area contributed by atoms with Crippen molar-refractivity contribution in [3.63, 3.8) is 0 Å². The molecular weight excluding hydrogens is 230 g/mol. The highest BCUT2D eigenvalue weighted by molar-refractivity contribution is 5.48. The molecule has 1 aromatic rings. The first-order valence-electron chi connectivity index (χ1n) is 6.40. The summed E-state index contributed by atoms with van der Waals surface area (Å²) in [7, 11) is 0. The zero-order valence-corrected chi connectivity index (χ0v) is 10.6. The smallest absolute Gasteiger partial charge is 0.161 e. The minimum absolute atomic E-state index is 0.0651. The summed E-state index contributed by atoms with van der Waals surface area (Å²) >= 11 is 0. The van der Waals surface area contributed by atoms with E-state index in [-0.39, 0.29) is 18.1 Å². The van der Waals surface area contributed by atoms with E-state index in [1.807, 2.05) is 19.1 Å². The van der Waals surface area contributed by atoms with Gasteiger partial charge in [-0.05, 0) is 43.0 Å². The van der Waals surface area contributed by atoms with Crippen LogP contribution in [0.15, 0.2) is 12.1 Å². The SMILES string of the molecule is Cc1cc2c(cc1C(N)CO)OCC1(CC1)CO2. The molecule has 4 nitrogen and oxygen atoms in total. The van der Waals surface area contributed by atoms with Gasteiger partial charge in [0.2, 0.25) is 0 Å². The molecule has 0 amide bonds. The van der Waals surface area contributed by atoms with Gasteiger partial charge in [-0.3, -0.25) is 0 Å². The molecule has 18 heavy (non-hydrogen) atoms. The summed E-state index contributed by atoms with van der Waals surface area (Å²) in [6.45, 7) is 3.37. The first-order valence-corrected chi connectivity index (χ1v) is 6.40. The second kappa shape index (κ2) is 4.14. The van der Waals surface area contributed by atoms with Crippen LogP contribution in [0.25, 0.3) is 0 Å². The maximum Gasteiger partial charge on any atom is 0.161 e. The Hall–Kier alpha value is -1.26. The van der Waals surface area contributed by atoms with Crippen LogP contribution in [0.5, 0.6) is 11.5 Å². The zero-order chi connectivity index (χ0) is 12.8. The van der Waals surface area contributed by atoms with E-state index in [9.17, 15) is 0 Å². The lowest BCUT2D eigenvalue weighted by Gasteiger charge is -2.15. The third kappa shape index (κ3) is 1.95. The summed E-state index contributed by atoms with van der Waals surface area (Å²) in [5.74, 6) is 1.55. The van der Waals surface area contributed by atoms with E-state index in [1.165, 1.54) is 12.8 Å². The van der Waals surface area contributed by atoms with Crippen LogP contribution < -0.4 is 15.2 Å². The summed E-state index contributed by atoms with van der Waals surface area (Å²) in [5.41, 5.74) is 8.08. The van der Waals surface area contributed by atoms with Gasteiger partial charge in [-0.1, -0.05) is 0 Å². The summed E-state index contributed by atoms with van der Waals surface area (Å²) in [4.78, 5) is 0. The van der Waals surface area contributed by atoms with Crippen LogP contribution in [0, 0.1) is 12.3 Å². The lowest BCUT2D eigenvalue weighted by atomic mass is 10.0. The van der Waals surface area contributed by atoms with Crippen molar-refractivity contribution in [2.24, 2.45) is 11.1 Å². The monoisotopic (exact) mass is 249 g/mol. The number of aryl methyl sites for hydroxylation is 1. The molecule has 0 bridgehead atoms. The Kier molecular flexibility index (Phi) is 2.72. The van der Waals surface area contributed by atoms with E-state index in [0.29, 0.717) is 0 Å². The maximum absolute atomic E-state index is 9.17. The first kappa shape index (κ1) is 11.8. The van der Waals surface area contributed by atoms with E-state index < -0.39 is 0 Å². The third-order valence-electron chi connectivity index (χ3n) is 3.95. The Labute approximate surface area is 107 Å². The molecular formula is C14H19NO3. The normalized spacial score (nSPS) is 21.5. The molecule has 0 aromatic heterocycles. The number of fused-ring (bicyclic) bond motifs is 1. The van der Waals surface area contributed by atoms with Gasteiger partial charge < -0.3 is 20.3 Å². The molecule has 0 saturated heterocycles. The van der Waals surface area contributed by atoms with E-state index in [0.717, 1.165) is 35.8 Å². The Morgan fingerprint density at radius 1 is 1.28 bits per heavy atom. The Morgan fingerprint density at radius 2 is 1.89 bits per heavy atom. The highest BCUT2D eigenvalue weighted by Crippen LogP contribution is 2.49. The molecule has 1 saturated carbocycles. The molecule has 1 aliphatic carbocycles. The average molecular weight is 249 g/mol. The highest BCUT2D eigenvalue weighted by Gasteiger charge is 2.46. The van der Waals surface area contributed by atoms with E-state index in [2.05, 4.69) is 0 Å². The van der Waals surface area contributed by atoms with E-state index in [4.69, 9.17) is 20.3 Å². The number of hydrogen-bond acceptors (Lipinski definition) is 4. The Morgan fingerprint density at radius 3 is 2.44 bits per heavy atom. The lowest BCUT2D eigenvalue weighted by Crippen LogP contribution is -2.17. The van der Waals surface area contributed by atoms with Gasteiger partial charge in [0, 0.05) is 5.41 Å². The molecule has 98 valence electrons. The van der Waals surface area contributed by atoms with Gasteiger partial charge in [0.25, 0.3) is 0 Å². The average Bonchev–Trinajstić information content (AvgIpc) is 3.16. The van der Waals surface area contributed by atoms with Crippen molar-refractivity contribution < 1.29 is 14.6 Å². The molecule has 0 radical (unpaired) electrons. The molecule has 1 fully saturated rings. The van der Waals surface area contributed by atoms with Crippen LogP contribution in [0.2, 0.25) is 0 Å². The summed E-state index contributed by atoms with van der Waals surface area (Å²) in [6.07, 6.45) is 2.37. The predicted molar refractivity (Wildman–Crippen MR) is 67.9 cm³/mol. The van der Waals surface area contributed by atoms with Crippen molar-refractivity contribution >= 4 is 0 Å². The molecule has 1 aromatic carbocycles. The molecule has 1 atom stereocenters. The molecule has 1 aliphatic heterocycles. The lowest BCUT2D eigenvalue weighted by molar-refractivity contribution is 0.197. The van der Waals surface area contributed by atoms with Gasteiger partial charge in [0.05, 0.1) is 25.9 Å². The highest BCUT2D eigenvalue weighted by atomic mass is 16.5. The van der Waals surface area contributed by atoms with Crippen molar-refractivity contribution in [2.45, 2.75) is 25.8 Å². The first-order chi connectivity index (χ1) is 8.63. The fourth-order valence-electron chi connectivity index (χ4n) is 2.37. The van der Waals surface area contributed by atoms with Gasteiger partial charge in [0.15, 0.2) is 11.5 Å². The number of aliphatic hydroxyl groups is 1. The van der Waals surface area contributed by atoms with Gasteiger partial charge in [-0.2, -0.15) is 0 Å². The fraction of sp³-hybridized carbons (Fsp3) is 0.571. The topological polar surface area (TPSA) is 64.7 Å². The number of nitrogens with two attached hydrogens (primary N) is 1. The number of benzene rings is 1. The fourth-order valence-corrected chi connectivity index (χ4v) is 2.37. The molecule has 1 spiro atoms. The summed E-state index contributed by atoms with van der Waals surface area (Å²) in [6, 6.07) is 3.51. The number of ether oxygens (including phenoxy) is 2. The van der Waals surface area contributed by atoms with E-state index in [1.54, 1.807) is 0 Å². The molecule has 3 rings (SSSR count). The number of rotatable bonds is 2. The molecule has 1 unspecified atom stereocenters. The largest absolute Gasteiger partial charge is 0.489 e. The van der Waals surface area contributed by atoms with Crippen molar-refractivity contribution in [1.82, 2.24) is 0 Å². The second-order valence-electron chi connectivity index (χ2n) is 5.52. The molecule has 1 heterocycles. The van der Waals surface area contributed by atoms with Crippen LogP contribution in [0.1, 0.15) is 30.0 Å². The van der Waals surface area contributed by atoms with Crippen molar-refractivity contribution in [3.8, 4) is 11.5 Å². The van der Waals surface area contributed by atoms with Gasteiger partial charge >= 0.3 is 0 Å². The van der Waals surface area contributed by atoms with Crippen molar-refractivity contribution in [1.29, 1.82) is 0 Å². The number of aliphatic hydroxyl groups excluding tert-OH is 1. The van der Waals surface area contributed by atoms with Crippen LogP contribution in [0.3, 0.4) is 0 Å². The minimum Gasteiger partial charge on any atom is -0.489 e. The van der Waals surface area contributed by atoms with Crippen LogP contribution in [-0.2, 0) is 0 Å². The van der Waals surface area contributed by atoms with Crippen LogP contribution >= 0.6 is 0 Å². The van der Waals surface area contributed by atoms with Gasteiger partial charge in [-0.15, -0.1) is 0 Å². The predicted octanol–water partition coefficient (Wildman–Crippen LogP) is 1.54. The van der Waals surface area contributed by atoms with Crippen LogP contribution in [0.4, 0.5) is 0 Å². The minimum atomic E-state index is -0.364. The third-order valence-corrected chi connectivity index (χ3v) is 3.95. The standard InChI is InChI=1S/C14H19NO3/c1-9-4-12-13(5-10(9)11(15)6-16)18-8-14(2-3-14)7-17-12/h4-5,11,16H,2-3,6-8,15H2,1H3. The molecule has 2 aliphatic rings. The van der Waals surface area contributed by atoms with E-state index >= 15 is 0 Å². The van der Waals surface area contributed by atoms with Crippen molar-refractivity contribution in [2.75, 3.05) is 19.8 Å². The molecule has 3 N–H and O–H groups in total. The second-order valence-corrected chi connectivity index (χ2v) is 5.52. The van der Waals surface area contributed by atoms with Gasteiger partial charge in [0.1, 0.15) is 0 Å². The molecule has 4 heteroatoms. The summed E-state index contributed by atoms with van der Waals surface area (Å²) < 4.78 is 11.7. The van der Waals surface area contributed by atoms with Crippen LogP contribution in [-0.4, -0.2) is 24.9 Å². The quantitative estimate of drug-likeness (QED) is 0.834. The maximum atomic E-state index is 9.17. The number of hydrogen-bond donors (Lipinski definition) is 2. The zero-order valence-electron chi connectivity index (χ0n) is 10.6. The Bertz CT molecular complexity index is 468. The van der Waals surface area contributed by atoms with Crippen molar-refractivity contribution in [3.05, 3.63) is 23.3 Å².